The fraction of sp³-hybridized carbons (Fsp3) is 0.393. The van der Waals surface area contributed by atoms with E-state index in [1.807, 2.05) is 37.3 Å². The standard InChI is InChI=1S/C28H35N7O2S/c1-19-31-27(29)26-25(18-35(28(26)32-19)24-14-21(15-24)17-34-11-6-12-34)22-8-5-7-20(13-22)16-30-38(36,37)33-23-9-3-2-4-10-23/h2-5,7-10,13,18-19,21,24,30,32-33H,6,11-12,14-17H2,1H3,(H2,29,31). The van der Waals surface area contributed by atoms with Crippen molar-refractivity contribution < 1.29 is 8.42 Å². The number of nitrogens with one attached hydrogen (secondary N) is 3. The fourth-order valence-corrected chi connectivity index (χ4v) is 6.55. The lowest BCUT2D eigenvalue weighted by Crippen LogP contribution is -2.44. The number of nitrogens with zero attached hydrogens (tertiary/aromatic N) is 3. The molecule has 10 heteroatoms. The predicted octanol–water partition coefficient (Wildman–Crippen LogP) is 3.74. The van der Waals surface area contributed by atoms with Crippen molar-refractivity contribution in [1.82, 2.24) is 14.2 Å². The van der Waals surface area contributed by atoms with Gasteiger partial charge in [-0.05, 0) is 74.5 Å². The highest BCUT2D eigenvalue weighted by Crippen LogP contribution is 2.45. The van der Waals surface area contributed by atoms with Crippen LogP contribution in [-0.4, -0.2) is 49.5 Å². The second kappa shape index (κ2) is 10.1. The molecule has 0 amide bonds. The maximum absolute atomic E-state index is 12.6. The number of amidine groups is 1. The molecule has 2 fully saturated rings. The largest absolute Gasteiger partial charge is 0.383 e. The number of fused-ring (bicyclic) bond motifs is 1. The number of benzene rings is 2. The Balaban J connectivity index is 1.22. The monoisotopic (exact) mass is 533 g/mol. The van der Waals surface area contributed by atoms with Gasteiger partial charge in [-0.1, -0.05) is 36.4 Å². The molecule has 1 atom stereocenters. The van der Waals surface area contributed by atoms with E-state index in [2.05, 4.69) is 35.4 Å². The van der Waals surface area contributed by atoms with Crippen LogP contribution in [0.3, 0.4) is 0 Å². The first-order valence-electron chi connectivity index (χ1n) is 13.3. The molecule has 0 radical (unpaired) electrons. The number of rotatable bonds is 9. The Hall–Kier alpha value is -3.34. The molecule has 1 saturated heterocycles. The topological polar surface area (TPSA) is 117 Å². The van der Waals surface area contributed by atoms with Crippen molar-refractivity contribution in [3.8, 4) is 11.1 Å². The number of hydrogen-bond acceptors (Lipinski definition) is 6. The van der Waals surface area contributed by atoms with Crippen LogP contribution in [0.5, 0.6) is 0 Å². The van der Waals surface area contributed by atoms with Gasteiger partial charge >= 0.3 is 0 Å². The van der Waals surface area contributed by atoms with Crippen LogP contribution >= 0.6 is 0 Å². The first kappa shape index (κ1) is 25.0. The first-order chi connectivity index (χ1) is 18.3. The molecule has 2 aromatic carbocycles. The van der Waals surface area contributed by atoms with Gasteiger partial charge in [0.25, 0.3) is 10.2 Å². The maximum Gasteiger partial charge on any atom is 0.299 e. The van der Waals surface area contributed by atoms with Crippen LogP contribution in [-0.2, 0) is 16.8 Å². The Kier molecular flexibility index (Phi) is 6.63. The number of aliphatic imine (C=N–C) groups is 1. The minimum Gasteiger partial charge on any atom is -0.383 e. The number of para-hydroxylation sites is 1. The molecular weight excluding hydrogens is 498 g/mol. The lowest BCUT2D eigenvalue weighted by Gasteiger charge is -2.42. The van der Waals surface area contributed by atoms with Crippen molar-refractivity contribution in [2.45, 2.75) is 44.9 Å². The normalized spacial score (nSPS) is 23.0. The lowest BCUT2D eigenvalue weighted by atomic mass is 9.79. The van der Waals surface area contributed by atoms with E-state index < -0.39 is 10.2 Å². The van der Waals surface area contributed by atoms with E-state index >= 15 is 0 Å². The van der Waals surface area contributed by atoms with Crippen molar-refractivity contribution in [2.24, 2.45) is 16.6 Å². The molecule has 0 bridgehead atoms. The van der Waals surface area contributed by atoms with Gasteiger partial charge in [-0.3, -0.25) is 4.72 Å². The number of hydrogen-bond donors (Lipinski definition) is 4. The smallest absolute Gasteiger partial charge is 0.299 e. The third kappa shape index (κ3) is 5.16. The molecule has 0 spiro atoms. The summed E-state index contributed by atoms with van der Waals surface area (Å²) >= 11 is 0. The van der Waals surface area contributed by atoms with Crippen LogP contribution < -0.4 is 20.5 Å². The number of likely N-dealkylation sites (tertiary alicyclic amines) is 1. The SMILES string of the molecule is CC1N=C(N)c2c(-c3cccc(CNS(=O)(=O)Nc4ccccc4)c3)cn(C3CC(CN4CCC4)C3)c2N1. The summed E-state index contributed by atoms with van der Waals surface area (Å²) in [6, 6.07) is 17.2. The highest BCUT2D eigenvalue weighted by Gasteiger charge is 2.36. The van der Waals surface area contributed by atoms with Crippen LogP contribution in [0.2, 0.25) is 0 Å². The van der Waals surface area contributed by atoms with E-state index in [-0.39, 0.29) is 12.7 Å². The van der Waals surface area contributed by atoms with Crippen molar-refractivity contribution >= 4 is 27.6 Å². The van der Waals surface area contributed by atoms with E-state index in [1.165, 1.54) is 38.9 Å². The highest BCUT2D eigenvalue weighted by molar-refractivity contribution is 7.90. The zero-order chi connectivity index (χ0) is 26.3. The van der Waals surface area contributed by atoms with Gasteiger partial charge in [0, 0.05) is 36.6 Å². The molecule has 5 N–H and O–H groups in total. The summed E-state index contributed by atoms with van der Waals surface area (Å²) in [7, 11) is -3.71. The van der Waals surface area contributed by atoms with E-state index in [0.29, 0.717) is 17.6 Å². The Labute approximate surface area is 224 Å². The molecule has 3 heterocycles. The maximum atomic E-state index is 12.6. The van der Waals surface area contributed by atoms with Gasteiger partial charge in [-0.2, -0.15) is 13.1 Å². The van der Waals surface area contributed by atoms with Gasteiger partial charge in [0.05, 0.1) is 5.56 Å². The molecular formula is C28H35N7O2S. The molecule has 1 unspecified atom stereocenters. The Morgan fingerprint density at radius 3 is 2.63 bits per heavy atom. The van der Waals surface area contributed by atoms with Crippen molar-refractivity contribution in [3.63, 3.8) is 0 Å². The molecule has 3 aromatic rings. The van der Waals surface area contributed by atoms with Crippen LogP contribution in [0, 0.1) is 5.92 Å². The summed E-state index contributed by atoms with van der Waals surface area (Å²) in [5.74, 6) is 2.31. The first-order valence-corrected chi connectivity index (χ1v) is 14.8. The van der Waals surface area contributed by atoms with Gasteiger partial charge in [-0.15, -0.1) is 0 Å². The van der Waals surface area contributed by atoms with E-state index in [9.17, 15) is 8.42 Å². The van der Waals surface area contributed by atoms with E-state index in [1.54, 1.807) is 24.3 Å². The summed E-state index contributed by atoms with van der Waals surface area (Å²) in [6.07, 6.45) is 5.78. The lowest BCUT2D eigenvalue weighted by molar-refractivity contribution is 0.0915. The van der Waals surface area contributed by atoms with Crippen molar-refractivity contribution in [3.05, 3.63) is 71.9 Å². The van der Waals surface area contributed by atoms with E-state index in [4.69, 9.17) is 5.73 Å². The summed E-state index contributed by atoms with van der Waals surface area (Å²) < 4.78 is 32.7. The molecule has 1 saturated carbocycles. The summed E-state index contributed by atoms with van der Waals surface area (Å²) in [4.78, 5) is 7.15. The summed E-state index contributed by atoms with van der Waals surface area (Å²) in [5, 5.41) is 3.54. The Morgan fingerprint density at radius 1 is 1.11 bits per heavy atom. The minimum absolute atomic E-state index is 0.0844. The summed E-state index contributed by atoms with van der Waals surface area (Å²) in [5.41, 5.74) is 10.8. The molecule has 38 heavy (non-hydrogen) atoms. The van der Waals surface area contributed by atoms with Crippen LogP contribution in [0.1, 0.15) is 43.4 Å². The molecule has 6 rings (SSSR count). The Bertz CT molecular complexity index is 1440. The van der Waals surface area contributed by atoms with Crippen LogP contribution in [0.25, 0.3) is 11.1 Å². The predicted molar refractivity (Wildman–Crippen MR) is 152 cm³/mol. The molecule has 1 aromatic heterocycles. The number of anilines is 2. The zero-order valence-electron chi connectivity index (χ0n) is 21.6. The molecule has 1 aliphatic carbocycles. The third-order valence-corrected chi connectivity index (χ3v) is 8.80. The quantitative estimate of drug-likeness (QED) is 0.334. The zero-order valence-corrected chi connectivity index (χ0v) is 22.4. The van der Waals surface area contributed by atoms with Gasteiger partial charge < -0.3 is 20.5 Å². The van der Waals surface area contributed by atoms with Gasteiger partial charge in [-0.25, -0.2) is 4.99 Å². The minimum atomic E-state index is -3.71. The molecule has 3 aliphatic rings. The van der Waals surface area contributed by atoms with E-state index in [0.717, 1.165) is 34.0 Å². The van der Waals surface area contributed by atoms with Gasteiger partial charge in [0.1, 0.15) is 17.8 Å². The van der Waals surface area contributed by atoms with Crippen molar-refractivity contribution in [2.75, 3.05) is 29.7 Å². The number of nitrogens with two attached hydrogens (primary N) is 1. The third-order valence-electron chi connectivity index (χ3n) is 7.77. The second-order valence-corrected chi connectivity index (χ2v) is 12.1. The molecule has 2 aliphatic heterocycles. The highest BCUT2D eigenvalue weighted by atomic mass is 32.2. The second-order valence-electron chi connectivity index (χ2n) is 10.6. The average Bonchev–Trinajstić information content (AvgIpc) is 3.21. The average molecular weight is 534 g/mol. The van der Waals surface area contributed by atoms with Crippen LogP contribution in [0.4, 0.5) is 11.5 Å². The summed E-state index contributed by atoms with van der Waals surface area (Å²) in [6.45, 7) is 5.86. The van der Waals surface area contributed by atoms with Gasteiger partial charge in [0.15, 0.2) is 0 Å². The van der Waals surface area contributed by atoms with Gasteiger partial charge in [0.2, 0.25) is 0 Å². The van der Waals surface area contributed by atoms with Crippen LogP contribution in [0.15, 0.2) is 65.8 Å². The fourth-order valence-electron chi connectivity index (χ4n) is 5.67. The van der Waals surface area contributed by atoms with Crippen molar-refractivity contribution in [1.29, 1.82) is 0 Å². The number of aromatic nitrogens is 1. The molecule has 200 valence electrons. The molecule has 9 nitrogen and oxygen atoms in total. The Morgan fingerprint density at radius 2 is 1.89 bits per heavy atom.